The first-order chi connectivity index (χ1) is 16.5. The third kappa shape index (κ3) is 4.33. The fourth-order valence-electron chi connectivity index (χ4n) is 3.49. The number of fused-ring (bicyclic) bond motifs is 2. The molecule has 0 radical (unpaired) electrons. The number of amides is 3. The number of aromatic amines is 1. The SMILES string of the molecule is N=c1ncn(CCNC(=O)N2CC=CCN2C=O)c2nc(Sc3cc4c(cc3Br)OCO4)[nH]c12. The van der Waals surface area contributed by atoms with Gasteiger partial charge in [-0.1, -0.05) is 23.9 Å². The highest BCUT2D eigenvalue weighted by molar-refractivity contribution is 9.10. The zero-order valence-electron chi connectivity index (χ0n) is 17.7. The molecule has 14 heteroatoms. The normalized spacial score (nSPS) is 14.6. The summed E-state index contributed by atoms with van der Waals surface area (Å²) >= 11 is 4.92. The number of H-pyrrole nitrogens is 1. The molecule has 0 saturated carbocycles. The molecule has 0 saturated heterocycles. The Bertz CT molecular complexity index is 1360. The molecule has 34 heavy (non-hydrogen) atoms. The second-order valence-corrected chi connectivity index (χ2v) is 9.16. The highest BCUT2D eigenvalue weighted by Crippen LogP contribution is 2.42. The van der Waals surface area contributed by atoms with Crippen molar-refractivity contribution in [3.8, 4) is 11.5 Å². The Balaban J connectivity index is 1.31. The van der Waals surface area contributed by atoms with Gasteiger partial charge in [-0.05, 0) is 28.1 Å². The summed E-state index contributed by atoms with van der Waals surface area (Å²) in [7, 11) is 0. The number of hydrogen-bond donors (Lipinski definition) is 3. The van der Waals surface area contributed by atoms with Crippen LogP contribution in [-0.4, -0.2) is 68.4 Å². The summed E-state index contributed by atoms with van der Waals surface area (Å²) in [5, 5.41) is 14.2. The van der Waals surface area contributed by atoms with E-state index in [-0.39, 0.29) is 24.9 Å². The molecule has 0 spiro atoms. The van der Waals surface area contributed by atoms with Gasteiger partial charge in [0.15, 0.2) is 27.8 Å². The number of benzene rings is 1. The number of aromatic nitrogens is 4. The van der Waals surface area contributed by atoms with Crippen molar-refractivity contribution in [2.75, 3.05) is 26.4 Å². The van der Waals surface area contributed by atoms with Crippen molar-refractivity contribution in [3.63, 3.8) is 0 Å². The summed E-state index contributed by atoms with van der Waals surface area (Å²) in [4.78, 5) is 36.4. The second-order valence-electron chi connectivity index (χ2n) is 7.28. The first kappa shape index (κ1) is 22.3. The van der Waals surface area contributed by atoms with Gasteiger partial charge in [0.05, 0.1) is 19.4 Å². The molecule has 3 N–H and O–H groups in total. The smallest absolute Gasteiger partial charge is 0.336 e. The van der Waals surface area contributed by atoms with Gasteiger partial charge >= 0.3 is 6.03 Å². The number of imidazole rings is 1. The molecule has 4 heterocycles. The van der Waals surface area contributed by atoms with Crippen molar-refractivity contribution in [1.29, 1.82) is 5.41 Å². The number of nitrogens with one attached hydrogen (secondary N) is 3. The summed E-state index contributed by atoms with van der Waals surface area (Å²) in [5.41, 5.74) is 1.10. The Hall–Kier alpha value is -3.52. The van der Waals surface area contributed by atoms with Crippen molar-refractivity contribution in [1.82, 2.24) is 34.9 Å². The molecular formula is C20H19BrN8O4S. The van der Waals surface area contributed by atoms with Crippen LogP contribution >= 0.6 is 27.7 Å². The Labute approximate surface area is 205 Å². The molecular weight excluding hydrogens is 528 g/mol. The molecule has 3 aromatic rings. The average Bonchev–Trinajstić information content (AvgIpc) is 3.48. The van der Waals surface area contributed by atoms with Crippen LogP contribution < -0.4 is 20.3 Å². The molecule has 0 bridgehead atoms. The Morgan fingerprint density at radius 1 is 1.29 bits per heavy atom. The van der Waals surface area contributed by atoms with E-state index in [0.29, 0.717) is 53.9 Å². The van der Waals surface area contributed by atoms with E-state index in [0.717, 1.165) is 9.37 Å². The quantitative estimate of drug-likeness (QED) is 0.316. The van der Waals surface area contributed by atoms with Gasteiger partial charge in [0.1, 0.15) is 5.52 Å². The van der Waals surface area contributed by atoms with Crippen LogP contribution in [0.5, 0.6) is 11.5 Å². The zero-order valence-corrected chi connectivity index (χ0v) is 20.1. The van der Waals surface area contributed by atoms with E-state index in [9.17, 15) is 9.59 Å². The van der Waals surface area contributed by atoms with E-state index in [1.165, 1.54) is 28.1 Å². The molecule has 0 fully saturated rings. The number of carbonyl (C=O) groups excluding carboxylic acids is 2. The predicted octanol–water partition coefficient (Wildman–Crippen LogP) is 1.84. The van der Waals surface area contributed by atoms with E-state index < -0.39 is 0 Å². The second kappa shape index (κ2) is 9.38. The molecule has 0 aliphatic carbocycles. The zero-order chi connectivity index (χ0) is 23.7. The van der Waals surface area contributed by atoms with Gasteiger partial charge in [-0.15, -0.1) is 0 Å². The van der Waals surface area contributed by atoms with Crippen molar-refractivity contribution in [2.45, 2.75) is 16.6 Å². The van der Waals surface area contributed by atoms with Crippen molar-refractivity contribution in [2.24, 2.45) is 0 Å². The lowest BCUT2D eigenvalue weighted by atomic mass is 10.3. The van der Waals surface area contributed by atoms with Crippen LogP contribution in [0.2, 0.25) is 0 Å². The molecule has 5 rings (SSSR count). The maximum Gasteiger partial charge on any atom is 0.336 e. The van der Waals surface area contributed by atoms with Crippen molar-refractivity contribution < 1.29 is 19.1 Å². The third-order valence-electron chi connectivity index (χ3n) is 5.16. The summed E-state index contributed by atoms with van der Waals surface area (Å²) in [6.07, 6.45) is 5.80. The summed E-state index contributed by atoms with van der Waals surface area (Å²) < 4.78 is 13.4. The van der Waals surface area contributed by atoms with Crippen molar-refractivity contribution >= 4 is 51.3 Å². The minimum absolute atomic E-state index is 0.0705. The van der Waals surface area contributed by atoms with E-state index in [1.807, 2.05) is 24.3 Å². The highest BCUT2D eigenvalue weighted by atomic mass is 79.9. The first-order valence-electron chi connectivity index (χ1n) is 10.2. The number of hydrogen-bond acceptors (Lipinski definition) is 8. The summed E-state index contributed by atoms with van der Waals surface area (Å²) in [5.74, 6) is 1.34. The van der Waals surface area contributed by atoms with Gasteiger partial charge in [0.25, 0.3) is 0 Å². The van der Waals surface area contributed by atoms with Gasteiger partial charge in [-0.3, -0.25) is 10.2 Å². The number of carbonyl (C=O) groups is 2. The lowest BCUT2D eigenvalue weighted by molar-refractivity contribution is -0.128. The fraction of sp³-hybridized carbons (Fsp3) is 0.250. The Morgan fingerprint density at radius 2 is 2.09 bits per heavy atom. The lowest BCUT2D eigenvalue weighted by Gasteiger charge is -2.32. The number of rotatable bonds is 6. The predicted molar refractivity (Wildman–Crippen MR) is 124 cm³/mol. The number of halogens is 1. The fourth-order valence-corrected chi connectivity index (χ4v) is 4.87. The standard InChI is InChI=1S/C20H19BrN8O4S/c21-12-7-13-14(33-11-32-13)8-15(12)34-19-25-16-17(22)24-9-27(18(16)26-19)6-3-23-20(31)29-5-2-1-4-28(29)10-30/h1-2,7-10,22H,3-6,11H2,(H,23,31)(H,25,26). The molecule has 12 nitrogen and oxygen atoms in total. The van der Waals surface area contributed by atoms with E-state index in [2.05, 4.69) is 36.2 Å². The summed E-state index contributed by atoms with van der Waals surface area (Å²) in [6.45, 7) is 1.53. The van der Waals surface area contributed by atoms with Gasteiger partial charge < -0.3 is 24.3 Å². The van der Waals surface area contributed by atoms with Gasteiger partial charge in [0, 0.05) is 22.5 Å². The van der Waals surface area contributed by atoms with Gasteiger partial charge in [0.2, 0.25) is 13.2 Å². The van der Waals surface area contributed by atoms with Crippen LogP contribution in [0, 0.1) is 5.41 Å². The molecule has 0 unspecified atom stereocenters. The molecule has 3 amide bonds. The van der Waals surface area contributed by atoms with Crippen LogP contribution in [0.25, 0.3) is 11.2 Å². The topological polar surface area (TPSA) is 141 Å². The molecule has 1 aromatic carbocycles. The molecule has 0 atom stereocenters. The largest absolute Gasteiger partial charge is 0.454 e. The maximum absolute atomic E-state index is 12.5. The highest BCUT2D eigenvalue weighted by Gasteiger charge is 2.21. The Morgan fingerprint density at radius 3 is 2.91 bits per heavy atom. The Kier molecular flexibility index (Phi) is 6.15. The molecule has 2 aliphatic heterocycles. The number of ether oxygens (including phenoxy) is 2. The van der Waals surface area contributed by atoms with Crippen LogP contribution in [0.3, 0.4) is 0 Å². The van der Waals surface area contributed by atoms with Crippen LogP contribution in [0.4, 0.5) is 4.79 Å². The third-order valence-corrected chi connectivity index (χ3v) is 7.03. The minimum Gasteiger partial charge on any atom is -0.454 e. The monoisotopic (exact) mass is 546 g/mol. The van der Waals surface area contributed by atoms with Crippen LogP contribution in [0.15, 0.2) is 45.1 Å². The molecule has 2 aromatic heterocycles. The summed E-state index contributed by atoms with van der Waals surface area (Å²) in [6, 6.07) is 3.34. The maximum atomic E-state index is 12.5. The number of hydrazine groups is 1. The lowest BCUT2D eigenvalue weighted by Crippen LogP contribution is -2.52. The minimum atomic E-state index is -0.371. The van der Waals surface area contributed by atoms with E-state index >= 15 is 0 Å². The average molecular weight is 547 g/mol. The van der Waals surface area contributed by atoms with Crippen LogP contribution in [0.1, 0.15) is 0 Å². The first-order valence-corrected chi connectivity index (χ1v) is 11.8. The van der Waals surface area contributed by atoms with Gasteiger partial charge in [-0.25, -0.2) is 24.8 Å². The molecule has 176 valence electrons. The van der Waals surface area contributed by atoms with E-state index in [1.54, 1.807) is 4.57 Å². The van der Waals surface area contributed by atoms with Crippen molar-refractivity contribution in [3.05, 3.63) is 40.6 Å². The van der Waals surface area contributed by atoms with Gasteiger partial charge in [-0.2, -0.15) is 0 Å². The van der Waals surface area contributed by atoms with E-state index in [4.69, 9.17) is 14.9 Å². The number of nitrogens with zero attached hydrogens (tertiary/aromatic N) is 5. The van der Waals surface area contributed by atoms with Crippen LogP contribution in [-0.2, 0) is 11.3 Å². The number of urea groups is 1. The molecule has 2 aliphatic rings.